The number of ether oxygens (including phenoxy) is 2. The van der Waals surface area contributed by atoms with Crippen molar-refractivity contribution >= 4 is 5.91 Å². The zero-order valence-electron chi connectivity index (χ0n) is 16.1. The highest BCUT2D eigenvalue weighted by Crippen LogP contribution is 2.19. The summed E-state index contributed by atoms with van der Waals surface area (Å²) in [6.07, 6.45) is 1.58. The largest absolute Gasteiger partial charge is 0.492 e. The van der Waals surface area contributed by atoms with Crippen LogP contribution in [0.1, 0.15) is 16.1 Å². The number of hydrogen-bond donors (Lipinski definition) is 2. The second-order valence-corrected chi connectivity index (χ2v) is 6.74. The normalized spacial score (nSPS) is 14.6. The number of rotatable bonds is 8. The van der Waals surface area contributed by atoms with Gasteiger partial charge in [0.1, 0.15) is 18.1 Å². The minimum absolute atomic E-state index is 0.262. The molecule has 1 aromatic carbocycles. The molecule has 0 atom stereocenters. The summed E-state index contributed by atoms with van der Waals surface area (Å²) in [5.74, 6) is 1.15. The van der Waals surface area contributed by atoms with Crippen molar-refractivity contribution in [3.05, 3.63) is 60.0 Å². The molecule has 2 N–H and O–H groups in total. The number of carbonyl (C=O) groups is 1. The van der Waals surface area contributed by atoms with Crippen molar-refractivity contribution in [3.8, 4) is 17.2 Å². The summed E-state index contributed by atoms with van der Waals surface area (Å²) < 4.78 is 16.6. The van der Waals surface area contributed by atoms with Crippen LogP contribution in [0.5, 0.6) is 5.75 Å². The number of aromatic amines is 1. The summed E-state index contributed by atoms with van der Waals surface area (Å²) in [6.45, 7) is 5.23. The number of amides is 1. The monoisotopic (exact) mass is 396 g/mol. The van der Waals surface area contributed by atoms with Gasteiger partial charge < -0.3 is 19.2 Å². The molecule has 0 saturated carbocycles. The summed E-state index contributed by atoms with van der Waals surface area (Å²) in [5, 5.41) is 9.77. The number of morpholine rings is 1. The molecule has 152 valence electrons. The van der Waals surface area contributed by atoms with E-state index < -0.39 is 0 Å². The summed E-state index contributed by atoms with van der Waals surface area (Å²) in [6, 6.07) is 13.0. The van der Waals surface area contributed by atoms with Gasteiger partial charge in [-0.15, -0.1) is 0 Å². The van der Waals surface area contributed by atoms with Gasteiger partial charge in [-0.2, -0.15) is 5.10 Å². The van der Waals surface area contributed by atoms with Gasteiger partial charge in [-0.05, 0) is 18.2 Å². The van der Waals surface area contributed by atoms with Gasteiger partial charge in [0.05, 0.1) is 19.5 Å². The molecule has 2 aromatic heterocycles. The fraction of sp³-hybridized carbons (Fsp3) is 0.333. The second kappa shape index (κ2) is 9.40. The van der Waals surface area contributed by atoms with E-state index in [-0.39, 0.29) is 5.91 Å². The van der Waals surface area contributed by atoms with Crippen molar-refractivity contribution in [1.82, 2.24) is 20.4 Å². The topological polar surface area (TPSA) is 92.6 Å². The van der Waals surface area contributed by atoms with Gasteiger partial charge in [0.25, 0.3) is 5.91 Å². The molecular weight excluding hydrogens is 372 g/mol. The van der Waals surface area contributed by atoms with E-state index in [4.69, 9.17) is 13.9 Å². The Morgan fingerprint density at radius 2 is 2.07 bits per heavy atom. The molecule has 29 heavy (non-hydrogen) atoms. The molecule has 0 spiro atoms. The van der Waals surface area contributed by atoms with E-state index >= 15 is 0 Å². The van der Waals surface area contributed by atoms with Gasteiger partial charge >= 0.3 is 0 Å². The molecule has 1 fully saturated rings. The summed E-state index contributed by atoms with van der Waals surface area (Å²) in [7, 11) is 0. The number of carbonyl (C=O) groups excluding carboxylic acids is 1. The zero-order chi connectivity index (χ0) is 19.9. The van der Waals surface area contributed by atoms with Crippen LogP contribution in [-0.4, -0.2) is 60.5 Å². The molecular formula is C21H24N4O4. The van der Waals surface area contributed by atoms with Gasteiger partial charge in [0.2, 0.25) is 0 Å². The van der Waals surface area contributed by atoms with Gasteiger partial charge in [-0.3, -0.25) is 14.8 Å². The number of benzene rings is 1. The van der Waals surface area contributed by atoms with E-state index in [1.807, 2.05) is 24.3 Å². The number of nitrogens with zero attached hydrogens (tertiary/aromatic N) is 2. The highest BCUT2D eigenvalue weighted by Gasteiger charge is 2.14. The molecule has 1 aliphatic heterocycles. The van der Waals surface area contributed by atoms with Gasteiger partial charge in [-0.25, -0.2) is 0 Å². The second-order valence-electron chi connectivity index (χ2n) is 6.74. The van der Waals surface area contributed by atoms with Gasteiger partial charge in [0.15, 0.2) is 11.5 Å². The molecule has 1 aliphatic rings. The number of nitrogens with one attached hydrogen (secondary N) is 2. The van der Waals surface area contributed by atoms with Crippen LogP contribution in [-0.2, 0) is 11.3 Å². The Kier molecular flexibility index (Phi) is 6.23. The van der Waals surface area contributed by atoms with E-state index in [1.165, 1.54) is 0 Å². The predicted octanol–water partition coefficient (Wildman–Crippen LogP) is 2.31. The molecule has 3 aromatic rings. The SMILES string of the molecule is O=C(NCc1ccccc1OCCN1CCOCC1)c1cc(-c2ccco2)[nH]n1. The average molecular weight is 396 g/mol. The first-order chi connectivity index (χ1) is 14.3. The number of hydrogen-bond acceptors (Lipinski definition) is 6. The zero-order valence-corrected chi connectivity index (χ0v) is 16.1. The highest BCUT2D eigenvalue weighted by molar-refractivity contribution is 5.93. The summed E-state index contributed by atoms with van der Waals surface area (Å²) >= 11 is 0. The molecule has 1 saturated heterocycles. The number of H-pyrrole nitrogens is 1. The lowest BCUT2D eigenvalue weighted by Crippen LogP contribution is -2.38. The van der Waals surface area contributed by atoms with Crippen molar-refractivity contribution in [1.29, 1.82) is 0 Å². The molecule has 4 rings (SSSR count). The Bertz CT molecular complexity index is 916. The quantitative estimate of drug-likeness (QED) is 0.607. The van der Waals surface area contributed by atoms with E-state index in [0.29, 0.717) is 30.3 Å². The molecule has 3 heterocycles. The number of para-hydroxylation sites is 1. The molecule has 1 amide bonds. The fourth-order valence-corrected chi connectivity index (χ4v) is 3.16. The van der Waals surface area contributed by atoms with Crippen molar-refractivity contribution in [2.45, 2.75) is 6.54 Å². The lowest BCUT2D eigenvalue weighted by Gasteiger charge is -2.26. The lowest BCUT2D eigenvalue weighted by atomic mass is 10.2. The van der Waals surface area contributed by atoms with E-state index in [0.717, 1.165) is 44.2 Å². The Hall–Kier alpha value is -3.10. The van der Waals surface area contributed by atoms with Crippen LogP contribution in [0.3, 0.4) is 0 Å². The molecule has 8 heteroatoms. The van der Waals surface area contributed by atoms with Crippen LogP contribution in [0.25, 0.3) is 11.5 Å². The Labute approximate surface area is 168 Å². The number of aromatic nitrogens is 2. The Morgan fingerprint density at radius 1 is 1.21 bits per heavy atom. The predicted molar refractivity (Wildman–Crippen MR) is 107 cm³/mol. The Morgan fingerprint density at radius 3 is 2.90 bits per heavy atom. The Balaban J connectivity index is 1.30. The first-order valence-electron chi connectivity index (χ1n) is 9.68. The average Bonchev–Trinajstić information content (AvgIpc) is 3.45. The van der Waals surface area contributed by atoms with Crippen molar-refractivity contribution in [3.63, 3.8) is 0 Å². The van der Waals surface area contributed by atoms with Crippen LogP contribution in [0.4, 0.5) is 0 Å². The van der Waals surface area contributed by atoms with E-state index in [9.17, 15) is 4.79 Å². The molecule has 0 radical (unpaired) electrons. The standard InChI is InChI=1S/C21H24N4O4/c26-21(18-14-17(23-24-18)20-6-3-10-28-20)22-15-16-4-1-2-5-19(16)29-13-9-25-7-11-27-12-8-25/h1-6,10,14H,7-9,11-13,15H2,(H,22,26)(H,23,24). The first kappa shape index (κ1) is 19.2. The van der Waals surface area contributed by atoms with Crippen LogP contribution in [0.15, 0.2) is 53.1 Å². The lowest BCUT2D eigenvalue weighted by molar-refractivity contribution is 0.0322. The van der Waals surface area contributed by atoms with Crippen LogP contribution < -0.4 is 10.1 Å². The van der Waals surface area contributed by atoms with Crippen LogP contribution >= 0.6 is 0 Å². The first-order valence-corrected chi connectivity index (χ1v) is 9.68. The third-order valence-electron chi connectivity index (χ3n) is 4.78. The minimum atomic E-state index is -0.262. The van der Waals surface area contributed by atoms with Crippen LogP contribution in [0, 0.1) is 0 Å². The van der Waals surface area contributed by atoms with E-state index in [1.54, 1.807) is 24.5 Å². The third kappa shape index (κ3) is 5.04. The maximum atomic E-state index is 12.4. The molecule has 0 unspecified atom stereocenters. The smallest absolute Gasteiger partial charge is 0.272 e. The molecule has 0 aliphatic carbocycles. The minimum Gasteiger partial charge on any atom is -0.492 e. The fourth-order valence-electron chi connectivity index (χ4n) is 3.16. The highest BCUT2D eigenvalue weighted by atomic mass is 16.5. The molecule has 8 nitrogen and oxygen atoms in total. The van der Waals surface area contributed by atoms with Gasteiger partial charge in [-0.1, -0.05) is 18.2 Å². The van der Waals surface area contributed by atoms with Crippen molar-refractivity contribution in [2.24, 2.45) is 0 Å². The maximum absolute atomic E-state index is 12.4. The van der Waals surface area contributed by atoms with Gasteiger partial charge in [0, 0.05) is 37.8 Å². The van der Waals surface area contributed by atoms with Crippen LogP contribution in [0.2, 0.25) is 0 Å². The maximum Gasteiger partial charge on any atom is 0.272 e. The summed E-state index contributed by atoms with van der Waals surface area (Å²) in [5.41, 5.74) is 1.89. The number of furan rings is 1. The van der Waals surface area contributed by atoms with Crippen molar-refractivity contribution < 1.29 is 18.7 Å². The summed E-state index contributed by atoms with van der Waals surface area (Å²) in [4.78, 5) is 14.8. The third-order valence-corrected chi connectivity index (χ3v) is 4.78. The van der Waals surface area contributed by atoms with E-state index in [2.05, 4.69) is 20.4 Å². The van der Waals surface area contributed by atoms with Crippen molar-refractivity contribution in [2.75, 3.05) is 39.5 Å². The molecule has 0 bridgehead atoms.